The van der Waals surface area contributed by atoms with Gasteiger partial charge in [0.1, 0.15) is 6.54 Å². The molecule has 0 unspecified atom stereocenters. The van der Waals surface area contributed by atoms with Crippen molar-refractivity contribution < 1.29 is 4.79 Å². The van der Waals surface area contributed by atoms with Crippen molar-refractivity contribution in [3.05, 3.63) is 35.9 Å². The average molecular weight is 431 g/mol. The van der Waals surface area contributed by atoms with Crippen molar-refractivity contribution in [1.29, 1.82) is 0 Å². The number of benzene rings is 1. The molecule has 1 aromatic rings. The normalized spacial score (nSPS) is 18.5. The summed E-state index contributed by atoms with van der Waals surface area (Å²) in [7, 11) is 0. The first kappa shape index (κ1) is 24.9. The second-order valence-corrected chi connectivity index (χ2v) is 7.59. The first-order valence-corrected chi connectivity index (χ1v) is 11.2. The Bertz CT molecular complexity index is 651. The lowest BCUT2D eigenvalue weighted by Gasteiger charge is -2.22. The van der Waals surface area contributed by atoms with Crippen molar-refractivity contribution in [2.45, 2.75) is 19.4 Å². The van der Waals surface area contributed by atoms with E-state index >= 15 is 0 Å². The third-order valence-corrected chi connectivity index (χ3v) is 4.98. The van der Waals surface area contributed by atoms with Gasteiger partial charge in [0.05, 0.1) is 5.71 Å². The standard InChI is InChI=1S/C22H38N8O/c23-29-21(17-27-18-22(31)28-16-20-6-2-1-3-7-20)19-30-14-5-10-25-12-11-24-8-4-9-26-13-15-30/h1-3,6-7,17,24-26H,4-5,8-16,18-19,23H2,(H,28,31). The SMILES string of the molecule is NN=C(C=NCC(=O)NCc1ccccc1)CN1CCCNCCNCCCNCC1. The Labute approximate surface area is 185 Å². The zero-order valence-corrected chi connectivity index (χ0v) is 18.5. The van der Waals surface area contributed by atoms with E-state index in [9.17, 15) is 4.79 Å². The molecular weight excluding hydrogens is 392 g/mol. The molecule has 6 N–H and O–H groups in total. The molecule has 1 heterocycles. The highest BCUT2D eigenvalue weighted by molar-refractivity contribution is 6.31. The Morgan fingerprint density at radius 1 is 1.00 bits per heavy atom. The number of carbonyl (C=O) groups is 1. The van der Waals surface area contributed by atoms with E-state index in [1.165, 1.54) is 0 Å². The minimum Gasteiger partial charge on any atom is -0.350 e. The second-order valence-electron chi connectivity index (χ2n) is 7.59. The summed E-state index contributed by atoms with van der Waals surface area (Å²) in [6.07, 6.45) is 3.79. The predicted molar refractivity (Wildman–Crippen MR) is 128 cm³/mol. The van der Waals surface area contributed by atoms with E-state index in [4.69, 9.17) is 5.84 Å². The lowest BCUT2D eigenvalue weighted by Crippen LogP contribution is -2.39. The van der Waals surface area contributed by atoms with Crippen LogP contribution >= 0.6 is 0 Å². The molecule has 1 aliphatic heterocycles. The molecule has 9 nitrogen and oxygen atoms in total. The van der Waals surface area contributed by atoms with Crippen molar-refractivity contribution in [3.63, 3.8) is 0 Å². The van der Waals surface area contributed by atoms with E-state index in [0.29, 0.717) is 18.8 Å². The number of rotatable bonds is 7. The minimum atomic E-state index is -0.125. The van der Waals surface area contributed by atoms with Gasteiger partial charge in [-0.05, 0) is 44.6 Å². The van der Waals surface area contributed by atoms with Gasteiger partial charge in [0, 0.05) is 45.5 Å². The van der Waals surface area contributed by atoms with E-state index in [-0.39, 0.29) is 12.5 Å². The first-order valence-electron chi connectivity index (χ1n) is 11.2. The largest absolute Gasteiger partial charge is 0.350 e. The van der Waals surface area contributed by atoms with Gasteiger partial charge >= 0.3 is 0 Å². The fourth-order valence-corrected chi connectivity index (χ4v) is 3.26. The smallest absolute Gasteiger partial charge is 0.241 e. The highest BCUT2D eigenvalue weighted by atomic mass is 16.1. The molecule has 1 aliphatic rings. The van der Waals surface area contributed by atoms with E-state index < -0.39 is 0 Å². The van der Waals surface area contributed by atoms with Crippen molar-refractivity contribution in [3.8, 4) is 0 Å². The number of nitrogens with two attached hydrogens (primary N) is 1. The first-order chi connectivity index (χ1) is 15.3. The Balaban J connectivity index is 1.74. The van der Waals surface area contributed by atoms with Gasteiger partial charge in [0.15, 0.2) is 0 Å². The maximum atomic E-state index is 12.0. The summed E-state index contributed by atoms with van der Waals surface area (Å²) in [6.45, 7) is 8.98. The highest BCUT2D eigenvalue weighted by Crippen LogP contribution is 1.97. The molecule has 0 bridgehead atoms. The molecule has 1 amide bonds. The van der Waals surface area contributed by atoms with Crippen molar-refractivity contribution in [2.24, 2.45) is 15.9 Å². The Morgan fingerprint density at radius 3 is 2.45 bits per heavy atom. The maximum absolute atomic E-state index is 12.0. The molecule has 0 saturated carbocycles. The summed E-state index contributed by atoms with van der Waals surface area (Å²) < 4.78 is 0. The third kappa shape index (κ3) is 12.2. The van der Waals surface area contributed by atoms with Crippen LogP contribution in [0.1, 0.15) is 18.4 Å². The number of nitrogens with one attached hydrogen (secondary N) is 4. The molecule has 1 fully saturated rings. The van der Waals surface area contributed by atoms with Crippen LogP contribution in [0.3, 0.4) is 0 Å². The van der Waals surface area contributed by atoms with Crippen LogP contribution in [0, 0.1) is 0 Å². The number of amides is 1. The van der Waals surface area contributed by atoms with Gasteiger partial charge in [-0.3, -0.25) is 14.7 Å². The Hall–Kier alpha value is -2.33. The number of carbonyl (C=O) groups excluding carboxylic acids is 1. The van der Waals surface area contributed by atoms with Crippen LogP contribution in [0.4, 0.5) is 0 Å². The van der Waals surface area contributed by atoms with Gasteiger partial charge in [0.25, 0.3) is 0 Å². The Kier molecular flexibility index (Phi) is 13.2. The zero-order chi connectivity index (χ0) is 22.0. The second kappa shape index (κ2) is 16.4. The molecule has 2 rings (SSSR count). The number of hydrazone groups is 1. The van der Waals surface area contributed by atoms with Crippen LogP contribution in [0.5, 0.6) is 0 Å². The number of aliphatic imine (C=N–C) groups is 1. The van der Waals surface area contributed by atoms with Gasteiger partial charge in [-0.2, -0.15) is 5.10 Å². The number of hydrogen-bond acceptors (Lipinski definition) is 8. The van der Waals surface area contributed by atoms with Crippen LogP contribution in [0.25, 0.3) is 0 Å². The molecule has 0 aliphatic carbocycles. The van der Waals surface area contributed by atoms with E-state index in [1.807, 2.05) is 30.3 Å². The van der Waals surface area contributed by atoms with E-state index in [1.54, 1.807) is 6.21 Å². The third-order valence-electron chi connectivity index (χ3n) is 4.98. The van der Waals surface area contributed by atoms with Gasteiger partial charge in [-0.15, -0.1) is 0 Å². The van der Waals surface area contributed by atoms with E-state index in [2.05, 4.69) is 36.3 Å². The van der Waals surface area contributed by atoms with Crippen molar-refractivity contribution >= 4 is 17.8 Å². The maximum Gasteiger partial charge on any atom is 0.241 e. The lowest BCUT2D eigenvalue weighted by molar-refractivity contribution is -0.119. The summed E-state index contributed by atoms with van der Waals surface area (Å²) in [4.78, 5) is 18.6. The van der Waals surface area contributed by atoms with Gasteiger partial charge in [-0.1, -0.05) is 30.3 Å². The van der Waals surface area contributed by atoms with Crippen LogP contribution in [0.15, 0.2) is 40.4 Å². The van der Waals surface area contributed by atoms with Crippen LogP contribution in [0.2, 0.25) is 0 Å². The van der Waals surface area contributed by atoms with Crippen LogP contribution in [-0.4, -0.2) is 88.2 Å². The topological polar surface area (TPSA) is 119 Å². The van der Waals surface area contributed by atoms with Crippen LogP contribution in [-0.2, 0) is 11.3 Å². The lowest BCUT2D eigenvalue weighted by atomic mass is 10.2. The molecule has 172 valence electrons. The van der Waals surface area contributed by atoms with Crippen molar-refractivity contribution in [2.75, 3.05) is 65.4 Å². The molecule has 1 saturated heterocycles. The van der Waals surface area contributed by atoms with Gasteiger partial charge < -0.3 is 27.1 Å². The molecule has 1 aromatic carbocycles. The van der Waals surface area contributed by atoms with Gasteiger partial charge in [-0.25, -0.2) is 0 Å². The monoisotopic (exact) mass is 430 g/mol. The highest BCUT2D eigenvalue weighted by Gasteiger charge is 2.09. The number of hydrogen-bond donors (Lipinski definition) is 5. The van der Waals surface area contributed by atoms with Crippen LogP contribution < -0.4 is 27.1 Å². The summed E-state index contributed by atoms with van der Waals surface area (Å²) >= 11 is 0. The molecule has 0 spiro atoms. The summed E-state index contributed by atoms with van der Waals surface area (Å²) in [5.74, 6) is 5.46. The molecule has 0 atom stereocenters. The van der Waals surface area contributed by atoms with Gasteiger partial charge in [0.2, 0.25) is 5.91 Å². The average Bonchev–Trinajstić information content (AvgIpc) is 2.80. The quantitative estimate of drug-likeness (QED) is 0.227. The molecule has 0 radical (unpaired) electrons. The predicted octanol–water partition coefficient (Wildman–Crippen LogP) is -0.447. The summed E-state index contributed by atoms with van der Waals surface area (Å²) in [5, 5.41) is 17.1. The Morgan fingerprint density at radius 2 is 1.71 bits per heavy atom. The number of nitrogens with zero attached hydrogens (tertiary/aromatic N) is 3. The van der Waals surface area contributed by atoms with E-state index in [0.717, 1.165) is 70.8 Å². The fourth-order valence-electron chi connectivity index (χ4n) is 3.26. The minimum absolute atomic E-state index is 0.0609. The molecule has 0 aromatic heterocycles. The summed E-state index contributed by atoms with van der Waals surface area (Å²) in [6, 6.07) is 9.81. The molecule has 9 heteroatoms. The molecular formula is C22H38N8O. The zero-order valence-electron chi connectivity index (χ0n) is 18.5. The summed E-state index contributed by atoms with van der Waals surface area (Å²) in [5.41, 5.74) is 1.74. The molecule has 31 heavy (non-hydrogen) atoms. The fraction of sp³-hybridized carbons (Fsp3) is 0.591. The van der Waals surface area contributed by atoms with Crippen molar-refractivity contribution in [1.82, 2.24) is 26.2 Å².